The van der Waals surface area contributed by atoms with Gasteiger partial charge in [0.15, 0.2) is 0 Å². The van der Waals surface area contributed by atoms with Gasteiger partial charge in [0.2, 0.25) is 11.8 Å². The van der Waals surface area contributed by atoms with Crippen LogP contribution >= 0.6 is 0 Å². The van der Waals surface area contributed by atoms with E-state index < -0.39 is 6.04 Å². The van der Waals surface area contributed by atoms with Crippen LogP contribution in [0.4, 0.5) is 0 Å². The van der Waals surface area contributed by atoms with Gasteiger partial charge >= 0.3 is 0 Å². The molecule has 1 aromatic carbocycles. The molecule has 1 atom stereocenters. The minimum atomic E-state index is -0.412. The molecule has 0 saturated carbocycles. The summed E-state index contributed by atoms with van der Waals surface area (Å²) in [6.45, 7) is 3.31. The third-order valence-electron chi connectivity index (χ3n) is 4.24. The number of nitrogens with one attached hydrogen (secondary N) is 1. The lowest BCUT2D eigenvalue weighted by Crippen LogP contribution is -2.41. The molecule has 0 bridgehead atoms. The van der Waals surface area contributed by atoms with Gasteiger partial charge in [0, 0.05) is 25.5 Å². The van der Waals surface area contributed by atoms with Crippen molar-refractivity contribution in [2.75, 3.05) is 6.54 Å². The van der Waals surface area contributed by atoms with E-state index in [1.165, 1.54) is 5.56 Å². The Morgan fingerprint density at radius 2 is 1.88 bits per heavy atom. The molecule has 1 aliphatic rings. The minimum absolute atomic E-state index is 0.00125. The maximum atomic E-state index is 12.5. The first kappa shape index (κ1) is 16.2. The lowest BCUT2D eigenvalue weighted by molar-refractivity contribution is -0.132. The molecule has 1 aromatic heterocycles. The van der Waals surface area contributed by atoms with Gasteiger partial charge in [0.1, 0.15) is 6.04 Å². The molecule has 5 nitrogen and oxygen atoms in total. The molecule has 124 valence electrons. The number of carbonyl (C=O) groups excluding carboxylic acids is 2. The number of nitrogens with zero attached hydrogens (tertiary/aromatic N) is 2. The molecule has 1 fully saturated rings. The van der Waals surface area contributed by atoms with Crippen LogP contribution in [0.1, 0.15) is 23.1 Å². The summed E-state index contributed by atoms with van der Waals surface area (Å²) in [5.41, 5.74) is 3.20. The van der Waals surface area contributed by atoms with E-state index in [1.807, 2.05) is 36.1 Å². The molecule has 0 radical (unpaired) electrons. The first-order valence-electron chi connectivity index (χ1n) is 8.14. The lowest BCUT2D eigenvalue weighted by Gasteiger charge is -2.17. The molecule has 0 unspecified atom stereocenters. The Morgan fingerprint density at radius 1 is 1.17 bits per heavy atom. The zero-order valence-electron chi connectivity index (χ0n) is 13.7. The third-order valence-corrected chi connectivity index (χ3v) is 4.24. The van der Waals surface area contributed by atoms with Gasteiger partial charge in [-0.05, 0) is 36.6 Å². The summed E-state index contributed by atoms with van der Waals surface area (Å²) in [6.07, 6.45) is 4.25. The summed E-state index contributed by atoms with van der Waals surface area (Å²) in [6, 6.07) is 11.4. The van der Waals surface area contributed by atoms with Crippen LogP contribution in [0.2, 0.25) is 0 Å². The average molecular weight is 323 g/mol. The van der Waals surface area contributed by atoms with Crippen molar-refractivity contribution < 1.29 is 9.59 Å². The van der Waals surface area contributed by atoms with E-state index in [9.17, 15) is 9.59 Å². The smallest absolute Gasteiger partial charge is 0.245 e. The largest absolute Gasteiger partial charge is 0.344 e. The molecule has 2 amide bonds. The maximum Gasteiger partial charge on any atom is 0.245 e. The molecule has 1 aliphatic heterocycles. The fraction of sp³-hybridized carbons (Fsp3) is 0.316. The average Bonchev–Trinajstić information content (AvgIpc) is 2.91. The van der Waals surface area contributed by atoms with Crippen LogP contribution in [0.5, 0.6) is 0 Å². The van der Waals surface area contributed by atoms with Crippen molar-refractivity contribution in [1.29, 1.82) is 0 Å². The van der Waals surface area contributed by atoms with E-state index in [1.54, 1.807) is 24.5 Å². The number of aryl methyl sites for hydroxylation is 1. The van der Waals surface area contributed by atoms with Crippen LogP contribution in [-0.4, -0.2) is 34.3 Å². The minimum Gasteiger partial charge on any atom is -0.344 e. The van der Waals surface area contributed by atoms with Gasteiger partial charge in [-0.2, -0.15) is 0 Å². The van der Waals surface area contributed by atoms with E-state index in [4.69, 9.17) is 0 Å². The predicted molar refractivity (Wildman–Crippen MR) is 91.1 cm³/mol. The van der Waals surface area contributed by atoms with Gasteiger partial charge in [-0.25, -0.2) is 0 Å². The fourth-order valence-corrected chi connectivity index (χ4v) is 2.88. The Bertz CT molecular complexity index is 713. The Hall–Kier alpha value is -2.69. The number of amides is 2. The van der Waals surface area contributed by atoms with Crippen molar-refractivity contribution in [1.82, 2.24) is 15.2 Å². The van der Waals surface area contributed by atoms with Crippen LogP contribution in [0, 0.1) is 6.92 Å². The predicted octanol–water partition coefficient (Wildman–Crippen LogP) is 1.85. The molecule has 1 N–H and O–H groups in total. The van der Waals surface area contributed by atoms with E-state index in [-0.39, 0.29) is 18.2 Å². The van der Waals surface area contributed by atoms with E-state index in [0.717, 1.165) is 11.1 Å². The van der Waals surface area contributed by atoms with Gasteiger partial charge in [0.05, 0.1) is 6.42 Å². The SMILES string of the molecule is Cc1ccc(CN2CC[C@@H](NC(=O)Cc3ccncc3)C2=O)cc1. The van der Waals surface area contributed by atoms with Crippen molar-refractivity contribution >= 4 is 11.8 Å². The Morgan fingerprint density at radius 3 is 2.58 bits per heavy atom. The number of likely N-dealkylation sites (tertiary alicyclic amines) is 1. The molecule has 2 aromatic rings. The molecular formula is C19H21N3O2. The van der Waals surface area contributed by atoms with Crippen LogP contribution in [0.25, 0.3) is 0 Å². The monoisotopic (exact) mass is 323 g/mol. The Kier molecular flexibility index (Phi) is 4.89. The van der Waals surface area contributed by atoms with Crippen LogP contribution in [0.3, 0.4) is 0 Å². The zero-order valence-corrected chi connectivity index (χ0v) is 13.7. The second-order valence-electron chi connectivity index (χ2n) is 6.19. The highest BCUT2D eigenvalue weighted by Gasteiger charge is 2.32. The summed E-state index contributed by atoms with van der Waals surface area (Å²) in [5.74, 6) is -0.129. The molecule has 3 rings (SSSR count). The van der Waals surface area contributed by atoms with E-state index in [0.29, 0.717) is 19.5 Å². The van der Waals surface area contributed by atoms with E-state index >= 15 is 0 Å². The van der Waals surface area contributed by atoms with Gasteiger partial charge < -0.3 is 10.2 Å². The number of aromatic nitrogens is 1. The first-order valence-corrected chi connectivity index (χ1v) is 8.14. The lowest BCUT2D eigenvalue weighted by atomic mass is 10.1. The molecule has 0 spiro atoms. The van der Waals surface area contributed by atoms with Crippen molar-refractivity contribution in [2.45, 2.75) is 32.4 Å². The third kappa shape index (κ3) is 3.98. The number of hydrogen-bond donors (Lipinski definition) is 1. The summed E-state index contributed by atoms with van der Waals surface area (Å²) >= 11 is 0. The summed E-state index contributed by atoms with van der Waals surface area (Å²) in [4.78, 5) is 30.3. The molecular weight excluding hydrogens is 302 g/mol. The van der Waals surface area contributed by atoms with Crippen molar-refractivity contribution in [3.05, 3.63) is 65.5 Å². The fourth-order valence-electron chi connectivity index (χ4n) is 2.88. The van der Waals surface area contributed by atoms with Crippen LogP contribution in [0.15, 0.2) is 48.8 Å². The number of pyridine rings is 1. The van der Waals surface area contributed by atoms with Gasteiger partial charge in [0.25, 0.3) is 0 Å². The summed E-state index contributed by atoms with van der Waals surface area (Å²) in [7, 11) is 0. The Labute approximate surface area is 141 Å². The molecule has 0 aliphatic carbocycles. The number of hydrogen-bond acceptors (Lipinski definition) is 3. The van der Waals surface area contributed by atoms with Gasteiger partial charge in [-0.1, -0.05) is 29.8 Å². The normalized spacial score (nSPS) is 17.1. The zero-order chi connectivity index (χ0) is 16.9. The summed E-state index contributed by atoms with van der Waals surface area (Å²) < 4.78 is 0. The van der Waals surface area contributed by atoms with E-state index in [2.05, 4.69) is 10.3 Å². The molecule has 1 saturated heterocycles. The number of carbonyl (C=O) groups is 2. The molecule has 5 heteroatoms. The van der Waals surface area contributed by atoms with Crippen molar-refractivity contribution in [3.8, 4) is 0 Å². The highest BCUT2D eigenvalue weighted by Crippen LogP contribution is 2.16. The highest BCUT2D eigenvalue weighted by atomic mass is 16.2. The van der Waals surface area contributed by atoms with Crippen LogP contribution < -0.4 is 5.32 Å². The summed E-state index contributed by atoms with van der Waals surface area (Å²) in [5, 5.41) is 2.85. The topological polar surface area (TPSA) is 62.3 Å². The quantitative estimate of drug-likeness (QED) is 0.913. The first-order chi connectivity index (χ1) is 11.6. The van der Waals surface area contributed by atoms with Crippen molar-refractivity contribution in [3.63, 3.8) is 0 Å². The van der Waals surface area contributed by atoms with Gasteiger partial charge in [-0.15, -0.1) is 0 Å². The van der Waals surface area contributed by atoms with Gasteiger partial charge in [-0.3, -0.25) is 14.6 Å². The molecule has 2 heterocycles. The maximum absolute atomic E-state index is 12.5. The number of rotatable bonds is 5. The second kappa shape index (κ2) is 7.25. The Balaban J connectivity index is 1.54. The standard InChI is InChI=1S/C19H21N3O2/c1-14-2-4-16(5-3-14)13-22-11-8-17(19(22)24)21-18(23)12-15-6-9-20-10-7-15/h2-7,9-10,17H,8,11-13H2,1H3,(H,21,23)/t17-/m1/s1. The van der Waals surface area contributed by atoms with Crippen molar-refractivity contribution in [2.24, 2.45) is 0 Å². The molecule has 24 heavy (non-hydrogen) atoms. The second-order valence-corrected chi connectivity index (χ2v) is 6.19. The van der Waals surface area contributed by atoms with Crippen LogP contribution in [-0.2, 0) is 22.6 Å². The number of benzene rings is 1. The highest BCUT2D eigenvalue weighted by molar-refractivity contribution is 5.89.